The summed E-state index contributed by atoms with van der Waals surface area (Å²) in [7, 11) is 1.77. The van der Waals surface area contributed by atoms with E-state index in [-0.39, 0.29) is 17.5 Å². The maximum absolute atomic E-state index is 13.3. The van der Waals surface area contributed by atoms with E-state index in [4.69, 9.17) is 0 Å². The maximum atomic E-state index is 13.3. The predicted octanol–water partition coefficient (Wildman–Crippen LogP) is 3.89. The molecule has 0 aliphatic carbocycles. The van der Waals surface area contributed by atoms with E-state index in [0.717, 1.165) is 16.6 Å². The molecule has 0 spiro atoms. The van der Waals surface area contributed by atoms with E-state index in [9.17, 15) is 9.18 Å². The molecule has 5 rings (SSSR count). The summed E-state index contributed by atoms with van der Waals surface area (Å²) in [6.07, 6.45) is 6.79. The summed E-state index contributed by atoms with van der Waals surface area (Å²) in [5.41, 5.74) is 3.19. The molecule has 0 aliphatic heterocycles. The number of thioether (sulfide) groups is 1. The maximum Gasteiger partial charge on any atom is 0.233 e. The smallest absolute Gasteiger partial charge is 0.233 e. The number of benzene rings is 2. The first kappa shape index (κ1) is 21.8. The molecule has 0 N–H and O–H groups in total. The van der Waals surface area contributed by atoms with Crippen molar-refractivity contribution in [2.24, 2.45) is 0 Å². The zero-order valence-electron chi connectivity index (χ0n) is 18.2. The van der Waals surface area contributed by atoms with Crippen LogP contribution in [0, 0.1) is 5.82 Å². The van der Waals surface area contributed by atoms with Gasteiger partial charge < -0.3 is 4.90 Å². The summed E-state index contributed by atoms with van der Waals surface area (Å²) in [5.74, 6) is -0.131. The number of aromatic nitrogens is 6. The van der Waals surface area contributed by atoms with Gasteiger partial charge in [-0.05, 0) is 36.4 Å². The van der Waals surface area contributed by atoms with Gasteiger partial charge in [-0.2, -0.15) is 10.2 Å². The average Bonchev–Trinajstić information content (AvgIpc) is 3.51. The van der Waals surface area contributed by atoms with Crippen LogP contribution >= 0.6 is 11.8 Å². The monoisotopic (exact) mass is 473 g/mol. The highest BCUT2D eigenvalue weighted by atomic mass is 32.2. The van der Waals surface area contributed by atoms with Crippen LogP contribution < -0.4 is 0 Å². The van der Waals surface area contributed by atoms with Crippen LogP contribution in [0.3, 0.4) is 0 Å². The van der Waals surface area contributed by atoms with Crippen LogP contribution in [0.15, 0.2) is 84.5 Å². The van der Waals surface area contributed by atoms with E-state index in [1.165, 1.54) is 30.2 Å². The highest BCUT2D eigenvalue weighted by molar-refractivity contribution is 8.00. The van der Waals surface area contributed by atoms with Crippen molar-refractivity contribution >= 4 is 28.7 Å². The lowest BCUT2D eigenvalue weighted by atomic mass is 10.3. The molecule has 1 amide bonds. The first-order valence-corrected chi connectivity index (χ1v) is 11.5. The van der Waals surface area contributed by atoms with Crippen LogP contribution in [0.25, 0.3) is 22.4 Å². The fraction of sp³-hybridized carbons (Fsp3) is 0.125. The van der Waals surface area contributed by atoms with Crippen molar-refractivity contribution in [3.8, 4) is 11.4 Å². The molecule has 170 valence electrons. The molecule has 0 unspecified atom stereocenters. The van der Waals surface area contributed by atoms with Crippen molar-refractivity contribution in [3.63, 3.8) is 0 Å². The third-order valence-corrected chi connectivity index (χ3v) is 6.23. The second-order valence-corrected chi connectivity index (χ2v) is 8.58. The molecule has 8 nitrogen and oxygen atoms in total. The van der Waals surface area contributed by atoms with E-state index < -0.39 is 0 Å². The molecule has 0 saturated carbocycles. The SMILES string of the molecule is CN(Cc1cnn(-c2ccccc2)c1)C(=O)CSc1ncnc2c1cnn2-c1ccc(F)cc1. The van der Waals surface area contributed by atoms with Gasteiger partial charge in [0.1, 0.15) is 17.2 Å². The highest BCUT2D eigenvalue weighted by Gasteiger charge is 2.16. The topological polar surface area (TPSA) is 81.7 Å². The summed E-state index contributed by atoms with van der Waals surface area (Å²) >= 11 is 1.33. The largest absolute Gasteiger partial charge is 0.341 e. The normalized spacial score (nSPS) is 11.1. The number of carbonyl (C=O) groups excluding carboxylic acids is 1. The van der Waals surface area contributed by atoms with Crippen LogP contribution in [0.2, 0.25) is 0 Å². The third-order valence-electron chi connectivity index (χ3n) is 5.24. The van der Waals surface area contributed by atoms with Gasteiger partial charge in [0.2, 0.25) is 5.91 Å². The molecular weight excluding hydrogens is 453 g/mol. The van der Waals surface area contributed by atoms with Crippen molar-refractivity contribution in [2.45, 2.75) is 11.6 Å². The van der Waals surface area contributed by atoms with Crippen molar-refractivity contribution in [1.29, 1.82) is 0 Å². The first-order chi connectivity index (χ1) is 16.6. The highest BCUT2D eigenvalue weighted by Crippen LogP contribution is 2.26. The second-order valence-electron chi connectivity index (χ2n) is 7.62. The standard InChI is InChI=1S/C24H20FN7OS/c1-30(13-17-11-28-31(14-17)19-5-3-2-4-6-19)22(33)15-34-24-21-12-29-32(23(21)26-16-27-24)20-9-7-18(25)8-10-20/h2-12,14,16H,13,15H2,1H3. The van der Waals surface area contributed by atoms with E-state index in [1.54, 1.807) is 45.8 Å². The summed E-state index contributed by atoms with van der Waals surface area (Å²) < 4.78 is 16.7. The minimum atomic E-state index is -0.318. The molecule has 0 aliphatic rings. The van der Waals surface area contributed by atoms with Crippen LogP contribution in [0.4, 0.5) is 4.39 Å². The minimum Gasteiger partial charge on any atom is -0.341 e. The van der Waals surface area contributed by atoms with Crippen molar-refractivity contribution in [2.75, 3.05) is 12.8 Å². The lowest BCUT2D eigenvalue weighted by molar-refractivity contribution is -0.127. The zero-order valence-corrected chi connectivity index (χ0v) is 19.1. The Morgan fingerprint density at radius 2 is 1.79 bits per heavy atom. The molecule has 0 bridgehead atoms. The third kappa shape index (κ3) is 4.53. The second kappa shape index (κ2) is 9.44. The molecular formula is C24H20FN7OS. The summed E-state index contributed by atoms with van der Waals surface area (Å²) in [5, 5.41) is 10.2. The fourth-order valence-electron chi connectivity index (χ4n) is 3.47. The van der Waals surface area contributed by atoms with Crippen molar-refractivity contribution in [3.05, 3.63) is 90.9 Å². The van der Waals surface area contributed by atoms with Crippen LogP contribution in [-0.2, 0) is 11.3 Å². The molecule has 0 radical (unpaired) electrons. The van der Waals surface area contributed by atoms with Crippen LogP contribution in [-0.4, -0.2) is 53.1 Å². The summed E-state index contributed by atoms with van der Waals surface area (Å²) in [6.45, 7) is 0.452. The first-order valence-electron chi connectivity index (χ1n) is 10.5. The van der Waals surface area contributed by atoms with Crippen molar-refractivity contribution < 1.29 is 9.18 Å². The Kier molecular flexibility index (Phi) is 6.05. The van der Waals surface area contributed by atoms with Gasteiger partial charge in [0.25, 0.3) is 0 Å². The number of rotatable bonds is 7. The summed E-state index contributed by atoms with van der Waals surface area (Å²) in [6, 6.07) is 15.8. The van der Waals surface area contributed by atoms with Gasteiger partial charge in [-0.25, -0.2) is 23.7 Å². The van der Waals surface area contributed by atoms with Gasteiger partial charge in [0.05, 0.1) is 34.9 Å². The molecule has 0 fully saturated rings. The quantitative estimate of drug-likeness (QED) is 0.264. The number of fused-ring (bicyclic) bond motifs is 1. The average molecular weight is 474 g/mol. The minimum absolute atomic E-state index is 0.0323. The molecule has 2 aromatic carbocycles. The number of halogens is 1. The molecule has 34 heavy (non-hydrogen) atoms. The van der Waals surface area contributed by atoms with E-state index in [1.807, 2.05) is 36.5 Å². The fourth-order valence-corrected chi connectivity index (χ4v) is 4.38. The number of para-hydroxylation sites is 1. The lowest BCUT2D eigenvalue weighted by Crippen LogP contribution is -2.27. The Morgan fingerprint density at radius 3 is 2.59 bits per heavy atom. The van der Waals surface area contributed by atoms with Gasteiger partial charge in [-0.15, -0.1) is 0 Å². The van der Waals surface area contributed by atoms with Gasteiger partial charge in [0.15, 0.2) is 5.65 Å². The zero-order chi connectivity index (χ0) is 23.5. The number of carbonyl (C=O) groups is 1. The Labute approximate surface area is 199 Å². The Morgan fingerprint density at radius 1 is 1.00 bits per heavy atom. The lowest BCUT2D eigenvalue weighted by Gasteiger charge is -2.15. The van der Waals surface area contributed by atoms with Gasteiger partial charge in [-0.1, -0.05) is 30.0 Å². The van der Waals surface area contributed by atoms with E-state index >= 15 is 0 Å². The molecule has 3 heterocycles. The van der Waals surface area contributed by atoms with Gasteiger partial charge in [0, 0.05) is 25.4 Å². The molecule has 5 aromatic rings. The molecule has 3 aromatic heterocycles. The van der Waals surface area contributed by atoms with E-state index in [0.29, 0.717) is 22.9 Å². The Bertz CT molecular complexity index is 1430. The molecule has 0 atom stereocenters. The predicted molar refractivity (Wildman–Crippen MR) is 127 cm³/mol. The van der Waals surface area contributed by atoms with Gasteiger partial charge in [-0.3, -0.25) is 4.79 Å². The van der Waals surface area contributed by atoms with Crippen LogP contribution in [0.1, 0.15) is 5.56 Å². The number of amides is 1. The Balaban J connectivity index is 1.25. The van der Waals surface area contributed by atoms with E-state index in [2.05, 4.69) is 20.2 Å². The molecule has 10 heteroatoms. The van der Waals surface area contributed by atoms with Crippen LogP contribution in [0.5, 0.6) is 0 Å². The number of hydrogen-bond donors (Lipinski definition) is 0. The Hall–Kier alpha value is -4.05. The van der Waals surface area contributed by atoms with Gasteiger partial charge >= 0.3 is 0 Å². The number of nitrogens with zero attached hydrogens (tertiary/aromatic N) is 7. The number of hydrogen-bond acceptors (Lipinski definition) is 6. The van der Waals surface area contributed by atoms with Crippen molar-refractivity contribution in [1.82, 2.24) is 34.4 Å². The molecule has 0 saturated heterocycles. The summed E-state index contributed by atoms with van der Waals surface area (Å²) in [4.78, 5) is 23.1.